The fourth-order valence-electron chi connectivity index (χ4n) is 1.31. The number of nitrogens with zero attached hydrogens (tertiary/aromatic N) is 3. The van der Waals surface area contributed by atoms with Crippen LogP contribution in [0.15, 0.2) is 12.4 Å². The van der Waals surface area contributed by atoms with Crippen molar-refractivity contribution in [3.05, 3.63) is 18.2 Å². The molecule has 0 spiro atoms. The van der Waals surface area contributed by atoms with Gasteiger partial charge in [0.15, 0.2) is 0 Å². The summed E-state index contributed by atoms with van der Waals surface area (Å²) in [5.74, 6) is 0.338. The normalized spacial score (nSPS) is 11.6. The van der Waals surface area contributed by atoms with Crippen LogP contribution in [-0.4, -0.2) is 39.8 Å². The summed E-state index contributed by atoms with van der Waals surface area (Å²) >= 11 is 0. The van der Waals surface area contributed by atoms with Crippen molar-refractivity contribution in [2.45, 2.75) is 19.5 Å². The third-order valence-corrected chi connectivity index (χ3v) is 2.07. The maximum absolute atomic E-state index is 12.4. The molecule has 1 aromatic rings. The molecular formula is C9H15F2N3O. The van der Waals surface area contributed by atoms with Gasteiger partial charge in [-0.2, -0.15) is 8.78 Å². The van der Waals surface area contributed by atoms with Gasteiger partial charge >= 0.3 is 6.55 Å². The van der Waals surface area contributed by atoms with E-state index in [1.54, 1.807) is 7.05 Å². The predicted molar refractivity (Wildman–Crippen MR) is 51.5 cm³/mol. The van der Waals surface area contributed by atoms with Crippen molar-refractivity contribution in [1.29, 1.82) is 0 Å². The van der Waals surface area contributed by atoms with Crippen molar-refractivity contribution in [2.24, 2.45) is 0 Å². The second-order valence-corrected chi connectivity index (χ2v) is 3.34. The monoisotopic (exact) mass is 219 g/mol. The van der Waals surface area contributed by atoms with E-state index in [2.05, 4.69) is 4.98 Å². The smallest absolute Gasteiger partial charge is 0.319 e. The molecule has 0 fully saturated rings. The van der Waals surface area contributed by atoms with E-state index in [-0.39, 0.29) is 6.61 Å². The van der Waals surface area contributed by atoms with Crippen molar-refractivity contribution in [3.63, 3.8) is 0 Å². The van der Waals surface area contributed by atoms with Gasteiger partial charge in [-0.05, 0) is 13.5 Å². The van der Waals surface area contributed by atoms with Crippen LogP contribution in [-0.2, 0) is 6.54 Å². The fraction of sp³-hybridized carbons (Fsp3) is 0.667. The van der Waals surface area contributed by atoms with Crippen molar-refractivity contribution in [1.82, 2.24) is 14.5 Å². The highest BCUT2D eigenvalue weighted by Crippen LogP contribution is 2.13. The molecule has 15 heavy (non-hydrogen) atoms. The van der Waals surface area contributed by atoms with Crippen molar-refractivity contribution in [2.75, 3.05) is 20.2 Å². The molecule has 0 radical (unpaired) electrons. The number of alkyl halides is 2. The number of hydrogen-bond donors (Lipinski definition) is 1. The van der Waals surface area contributed by atoms with Crippen molar-refractivity contribution < 1.29 is 13.9 Å². The van der Waals surface area contributed by atoms with Crippen molar-refractivity contribution >= 4 is 0 Å². The van der Waals surface area contributed by atoms with Crippen LogP contribution in [0.1, 0.15) is 18.8 Å². The zero-order chi connectivity index (χ0) is 11.3. The number of halogens is 2. The zero-order valence-corrected chi connectivity index (χ0v) is 8.61. The first kappa shape index (κ1) is 12.1. The van der Waals surface area contributed by atoms with Gasteiger partial charge in [0.25, 0.3) is 0 Å². The minimum Gasteiger partial charge on any atom is -0.396 e. The molecule has 0 unspecified atom stereocenters. The first-order valence-corrected chi connectivity index (χ1v) is 4.74. The minimum absolute atomic E-state index is 0.105. The number of imidazole rings is 1. The molecule has 0 bridgehead atoms. The van der Waals surface area contributed by atoms with Gasteiger partial charge in [-0.15, -0.1) is 0 Å². The standard InChI is InChI=1S/C9H15F2N3O/c1-13(4-2-6-15)7-8-12-3-5-14(8)9(10)11/h3,5,9,15H,2,4,6-7H2,1H3. The first-order chi connectivity index (χ1) is 7.15. The van der Waals surface area contributed by atoms with Crippen LogP contribution in [0.3, 0.4) is 0 Å². The molecule has 1 heterocycles. The van der Waals surface area contributed by atoms with Gasteiger partial charge in [0.1, 0.15) is 5.82 Å². The van der Waals surface area contributed by atoms with E-state index >= 15 is 0 Å². The lowest BCUT2D eigenvalue weighted by Gasteiger charge is -2.16. The molecule has 1 rings (SSSR count). The van der Waals surface area contributed by atoms with E-state index in [1.807, 2.05) is 4.90 Å². The highest BCUT2D eigenvalue weighted by atomic mass is 19.3. The molecule has 0 aromatic carbocycles. The minimum atomic E-state index is -2.55. The van der Waals surface area contributed by atoms with Gasteiger partial charge < -0.3 is 5.11 Å². The number of rotatable bonds is 6. The molecule has 0 atom stereocenters. The van der Waals surface area contributed by atoms with E-state index in [0.717, 1.165) is 4.57 Å². The summed E-state index contributed by atoms with van der Waals surface area (Å²) in [7, 11) is 1.81. The third-order valence-electron chi connectivity index (χ3n) is 2.07. The Labute approximate surface area is 87.1 Å². The molecule has 86 valence electrons. The van der Waals surface area contributed by atoms with E-state index in [1.165, 1.54) is 12.4 Å². The van der Waals surface area contributed by atoms with E-state index in [9.17, 15) is 8.78 Å². The molecule has 6 heteroatoms. The molecule has 0 saturated carbocycles. The highest BCUT2D eigenvalue weighted by Gasteiger charge is 2.12. The van der Waals surface area contributed by atoms with E-state index < -0.39 is 6.55 Å². The Hall–Kier alpha value is -1.01. The van der Waals surface area contributed by atoms with E-state index in [0.29, 0.717) is 25.3 Å². The quantitative estimate of drug-likeness (QED) is 0.778. The molecular weight excluding hydrogens is 204 g/mol. The molecule has 0 amide bonds. The zero-order valence-electron chi connectivity index (χ0n) is 8.61. The Kier molecular flexibility index (Phi) is 4.64. The molecule has 0 aliphatic rings. The summed E-state index contributed by atoms with van der Waals surface area (Å²) in [5, 5.41) is 8.62. The number of aliphatic hydroxyl groups is 1. The second-order valence-electron chi connectivity index (χ2n) is 3.34. The van der Waals surface area contributed by atoms with Gasteiger partial charge in [-0.25, -0.2) is 4.98 Å². The molecule has 1 N–H and O–H groups in total. The van der Waals surface area contributed by atoms with Gasteiger partial charge in [0.05, 0.1) is 6.54 Å². The SMILES string of the molecule is CN(CCCO)Cc1nccn1C(F)F. The maximum Gasteiger partial charge on any atom is 0.319 e. The molecule has 0 aliphatic carbocycles. The summed E-state index contributed by atoms with van der Waals surface area (Å²) in [6.45, 7) is -1.42. The lowest BCUT2D eigenvalue weighted by molar-refractivity contribution is 0.0644. The number of aromatic nitrogens is 2. The van der Waals surface area contributed by atoms with Crippen LogP contribution < -0.4 is 0 Å². The summed E-state index contributed by atoms with van der Waals surface area (Å²) in [4.78, 5) is 5.71. The Morgan fingerprint density at radius 3 is 2.93 bits per heavy atom. The maximum atomic E-state index is 12.4. The largest absolute Gasteiger partial charge is 0.396 e. The highest BCUT2D eigenvalue weighted by molar-refractivity contribution is 4.92. The van der Waals surface area contributed by atoms with Crippen LogP contribution in [0.5, 0.6) is 0 Å². The van der Waals surface area contributed by atoms with Crippen LogP contribution in [0.25, 0.3) is 0 Å². The number of hydrogen-bond acceptors (Lipinski definition) is 3. The van der Waals surface area contributed by atoms with Crippen LogP contribution in [0.2, 0.25) is 0 Å². The summed E-state index contributed by atoms with van der Waals surface area (Å²) in [6, 6.07) is 0. The van der Waals surface area contributed by atoms with Gasteiger partial charge in [-0.1, -0.05) is 0 Å². The summed E-state index contributed by atoms with van der Waals surface area (Å²) < 4.78 is 25.7. The Morgan fingerprint density at radius 1 is 1.60 bits per heavy atom. The molecule has 4 nitrogen and oxygen atoms in total. The summed E-state index contributed by atoms with van der Waals surface area (Å²) in [5.41, 5.74) is 0. The third kappa shape index (κ3) is 3.56. The van der Waals surface area contributed by atoms with Gasteiger partial charge in [0.2, 0.25) is 0 Å². The predicted octanol–water partition coefficient (Wildman–Crippen LogP) is 1.09. The van der Waals surface area contributed by atoms with Crippen LogP contribution in [0, 0.1) is 0 Å². The Morgan fingerprint density at radius 2 is 2.33 bits per heavy atom. The lowest BCUT2D eigenvalue weighted by Crippen LogP contribution is -2.22. The molecule has 0 saturated heterocycles. The van der Waals surface area contributed by atoms with Crippen molar-refractivity contribution in [3.8, 4) is 0 Å². The summed E-state index contributed by atoms with van der Waals surface area (Å²) in [6.07, 6.45) is 3.26. The fourth-order valence-corrected chi connectivity index (χ4v) is 1.31. The average Bonchev–Trinajstić information content (AvgIpc) is 2.62. The topological polar surface area (TPSA) is 41.3 Å². The first-order valence-electron chi connectivity index (χ1n) is 4.74. The molecule has 1 aromatic heterocycles. The van der Waals surface area contributed by atoms with Gasteiger partial charge in [-0.3, -0.25) is 9.47 Å². The van der Waals surface area contributed by atoms with Crippen LogP contribution in [0.4, 0.5) is 8.78 Å². The number of aliphatic hydroxyl groups excluding tert-OH is 1. The lowest BCUT2D eigenvalue weighted by atomic mass is 10.4. The van der Waals surface area contributed by atoms with E-state index in [4.69, 9.17) is 5.11 Å². The second kappa shape index (κ2) is 5.77. The Bertz CT molecular complexity index is 291. The van der Waals surface area contributed by atoms with Gasteiger partial charge in [0, 0.05) is 25.5 Å². The molecule has 0 aliphatic heterocycles. The van der Waals surface area contributed by atoms with Crippen LogP contribution >= 0.6 is 0 Å². The average molecular weight is 219 g/mol. The Balaban J connectivity index is 2.52.